The van der Waals surface area contributed by atoms with Gasteiger partial charge in [0.15, 0.2) is 12.3 Å². The molecular weight excluding hydrogens is 420 g/mol. The number of amides is 1. The van der Waals surface area contributed by atoms with E-state index in [0.29, 0.717) is 23.7 Å². The van der Waals surface area contributed by atoms with Gasteiger partial charge in [-0.25, -0.2) is 9.48 Å². The minimum atomic E-state index is -0.898. The van der Waals surface area contributed by atoms with Crippen molar-refractivity contribution in [1.82, 2.24) is 9.78 Å². The molecule has 1 heterocycles. The summed E-state index contributed by atoms with van der Waals surface area (Å²) in [6.07, 6.45) is 0.628. The summed E-state index contributed by atoms with van der Waals surface area (Å²) in [6, 6.07) is 10.4. The number of anilines is 1. The maximum absolute atomic E-state index is 12.6. The Morgan fingerprint density at radius 2 is 1.91 bits per heavy atom. The van der Waals surface area contributed by atoms with E-state index in [9.17, 15) is 24.5 Å². The Morgan fingerprint density at radius 3 is 2.56 bits per heavy atom. The van der Waals surface area contributed by atoms with Gasteiger partial charge in [0.2, 0.25) is 0 Å². The van der Waals surface area contributed by atoms with Gasteiger partial charge in [0, 0.05) is 11.9 Å². The molecule has 11 nitrogen and oxygen atoms in total. The molecule has 32 heavy (non-hydrogen) atoms. The number of carbonyl (C=O) groups excluding carboxylic acids is 2. The number of benzene rings is 2. The number of hydrogen-bond donors (Lipinski definition) is 1. The molecule has 0 atom stereocenters. The molecule has 0 saturated heterocycles. The van der Waals surface area contributed by atoms with E-state index in [2.05, 4.69) is 10.4 Å². The van der Waals surface area contributed by atoms with Crippen molar-refractivity contribution in [2.75, 3.05) is 19.0 Å². The number of rotatable bonds is 8. The average molecular weight is 440 g/mol. The number of nitrogens with one attached hydrogen (secondary N) is 1. The molecule has 0 spiro atoms. The third-order valence-corrected chi connectivity index (χ3v) is 4.51. The van der Waals surface area contributed by atoms with Gasteiger partial charge in [-0.15, -0.1) is 0 Å². The van der Waals surface area contributed by atoms with Crippen molar-refractivity contribution in [3.05, 3.63) is 68.6 Å². The summed E-state index contributed by atoms with van der Waals surface area (Å²) < 4.78 is 11.2. The highest BCUT2D eigenvalue weighted by molar-refractivity contribution is 6.03. The number of carbonyl (C=O) groups is 2. The molecule has 0 aliphatic heterocycles. The minimum absolute atomic E-state index is 0.0723. The Balaban J connectivity index is 1.79. The molecule has 11 heteroatoms. The first-order valence-corrected chi connectivity index (χ1v) is 9.65. The third kappa shape index (κ3) is 4.72. The molecule has 0 aliphatic rings. The highest BCUT2D eigenvalue weighted by Gasteiger charge is 2.21. The van der Waals surface area contributed by atoms with Crippen LogP contribution in [0.1, 0.15) is 23.8 Å². The van der Waals surface area contributed by atoms with Gasteiger partial charge in [0.25, 0.3) is 17.2 Å². The molecule has 0 unspecified atom stereocenters. The number of methoxy groups -OCH3 is 1. The van der Waals surface area contributed by atoms with Crippen molar-refractivity contribution in [1.29, 1.82) is 0 Å². The number of aryl methyl sites for hydroxylation is 1. The number of esters is 1. The molecular formula is C21H20N4O7. The number of ether oxygens (including phenoxy) is 2. The normalized spacial score (nSPS) is 10.6. The van der Waals surface area contributed by atoms with E-state index in [-0.39, 0.29) is 28.4 Å². The van der Waals surface area contributed by atoms with Crippen molar-refractivity contribution in [3.8, 4) is 5.75 Å². The van der Waals surface area contributed by atoms with E-state index in [0.717, 1.165) is 6.07 Å². The molecule has 1 aromatic heterocycles. The zero-order valence-electron chi connectivity index (χ0n) is 17.4. The van der Waals surface area contributed by atoms with E-state index in [1.165, 1.54) is 23.9 Å². The summed E-state index contributed by atoms with van der Waals surface area (Å²) in [5.41, 5.74) is -0.874. The zero-order chi connectivity index (χ0) is 23.3. The van der Waals surface area contributed by atoms with E-state index < -0.39 is 23.4 Å². The molecule has 0 bridgehead atoms. The van der Waals surface area contributed by atoms with Gasteiger partial charge in [-0.1, -0.05) is 25.1 Å². The first kappa shape index (κ1) is 22.4. The lowest BCUT2D eigenvalue weighted by atomic mass is 10.1. The largest absolute Gasteiger partial charge is 0.496 e. The van der Waals surface area contributed by atoms with Crippen LogP contribution in [0.2, 0.25) is 0 Å². The van der Waals surface area contributed by atoms with Gasteiger partial charge in [-0.05, 0) is 24.6 Å². The quantitative estimate of drug-likeness (QED) is 0.320. The molecule has 1 N–H and O–H groups in total. The SMILES string of the molecule is CCCn1nc(C(=O)OCC(=O)Nc2ccc(OC)cc2[N+](=O)[O-])c2ccccc2c1=O. The van der Waals surface area contributed by atoms with Crippen molar-refractivity contribution >= 4 is 34.0 Å². The van der Waals surface area contributed by atoms with Gasteiger partial charge >= 0.3 is 5.97 Å². The number of nitro groups is 1. The molecule has 0 aliphatic carbocycles. The zero-order valence-corrected chi connectivity index (χ0v) is 17.4. The van der Waals surface area contributed by atoms with E-state index in [1.54, 1.807) is 24.3 Å². The maximum atomic E-state index is 12.6. The number of hydrogen-bond acceptors (Lipinski definition) is 8. The first-order valence-electron chi connectivity index (χ1n) is 9.65. The first-order chi connectivity index (χ1) is 15.3. The van der Waals surface area contributed by atoms with Gasteiger partial charge in [0.05, 0.1) is 23.5 Å². The Morgan fingerprint density at radius 1 is 1.19 bits per heavy atom. The Labute approximate surface area is 181 Å². The van der Waals surface area contributed by atoms with E-state index >= 15 is 0 Å². The van der Waals surface area contributed by atoms with Crippen molar-refractivity contribution < 1.29 is 24.0 Å². The second kappa shape index (κ2) is 9.69. The lowest BCUT2D eigenvalue weighted by Crippen LogP contribution is -2.27. The number of nitro benzene ring substituents is 1. The van der Waals surface area contributed by atoms with Crippen molar-refractivity contribution in [3.63, 3.8) is 0 Å². The predicted octanol–water partition coefficient (Wildman–Crippen LogP) is 2.52. The monoisotopic (exact) mass is 440 g/mol. The topological polar surface area (TPSA) is 143 Å². The average Bonchev–Trinajstić information content (AvgIpc) is 2.79. The Kier molecular flexibility index (Phi) is 6.78. The van der Waals surface area contributed by atoms with Crippen LogP contribution in [0.15, 0.2) is 47.3 Å². The Hall–Kier alpha value is -4.28. The van der Waals surface area contributed by atoms with Crippen LogP contribution in [0.3, 0.4) is 0 Å². The second-order valence-electron chi connectivity index (χ2n) is 6.69. The summed E-state index contributed by atoms with van der Waals surface area (Å²) in [6.45, 7) is 1.47. The molecule has 3 aromatic rings. The van der Waals surface area contributed by atoms with E-state index in [4.69, 9.17) is 9.47 Å². The van der Waals surface area contributed by atoms with Crippen LogP contribution in [0.25, 0.3) is 10.8 Å². The third-order valence-electron chi connectivity index (χ3n) is 4.51. The summed E-state index contributed by atoms with van der Waals surface area (Å²) in [4.78, 5) is 48.0. The predicted molar refractivity (Wildman–Crippen MR) is 115 cm³/mol. The fraction of sp³-hybridized carbons (Fsp3) is 0.238. The van der Waals surface area contributed by atoms with Crippen LogP contribution in [0.5, 0.6) is 5.75 Å². The number of aromatic nitrogens is 2. The fourth-order valence-corrected chi connectivity index (χ4v) is 3.03. The molecule has 1 amide bonds. The minimum Gasteiger partial charge on any atom is -0.496 e. The number of nitrogens with zero attached hydrogens (tertiary/aromatic N) is 3. The summed E-state index contributed by atoms with van der Waals surface area (Å²) in [5, 5.41) is 18.3. The summed E-state index contributed by atoms with van der Waals surface area (Å²) in [7, 11) is 1.36. The molecule has 0 saturated carbocycles. The van der Waals surface area contributed by atoms with Crippen LogP contribution in [-0.4, -0.2) is 40.3 Å². The van der Waals surface area contributed by atoms with Gasteiger partial charge in [0.1, 0.15) is 11.4 Å². The van der Waals surface area contributed by atoms with Crippen LogP contribution in [-0.2, 0) is 16.1 Å². The summed E-state index contributed by atoms with van der Waals surface area (Å²) >= 11 is 0. The van der Waals surface area contributed by atoms with Gasteiger partial charge < -0.3 is 14.8 Å². The Bertz CT molecular complexity index is 1250. The van der Waals surface area contributed by atoms with Gasteiger partial charge in [-0.3, -0.25) is 19.7 Å². The highest BCUT2D eigenvalue weighted by Crippen LogP contribution is 2.28. The van der Waals surface area contributed by atoms with Crippen LogP contribution in [0, 0.1) is 10.1 Å². The standard InChI is InChI=1S/C21H20N4O7/c1-3-10-24-20(27)15-7-5-4-6-14(15)19(23-24)21(28)32-12-18(26)22-16-9-8-13(31-2)11-17(16)25(29)30/h4-9,11H,3,10,12H2,1-2H3,(H,22,26). The fourth-order valence-electron chi connectivity index (χ4n) is 3.03. The van der Waals surface area contributed by atoms with Crippen LogP contribution >= 0.6 is 0 Å². The van der Waals surface area contributed by atoms with E-state index in [1.807, 2.05) is 6.92 Å². The lowest BCUT2D eigenvalue weighted by molar-refractivity contribution is -0.384. The maximum Gasteiger partial charge on any atom is 0.359 e. The smallest absolute Gasteiger partial charge is 0.359 e. The lowest BCUT2D eigenvalue weighted by Gasteiger charge is -2.11. The molecule has 0 fully saturated rings. The van der Waals surface area contributed by atoms with Crippen LogP contribution < -0.4 is 15.6 Å². The number of fused-ring (bicyclic) bond motifs is 1. The van der Waals surface area contributed by atoms with Gasteiger partial charge in [-0.2, -0.15) is 5.10 Å². The summed E-state index contributed by atoms with van der Waals surface area (Å²) in [5.74, 6) is -1.43. The molecule has 0 radical (unpaired) electrons. The van der Waals surface area contributed by atoms with Crippen LogP contribution in [0.4, 0.5) is 11.4 Å². The molecule has 3 rings (SSSR count). The van der Waals surface area contributed by atoms with Crippen molar-refractivity contribution in [2.45, 2.75) is 19.9 Å². The molecule has 2 aromatic carbocycles. The molecule has 166 valence electrons. The van der Waals surface area contributed by atoms with Crippen molar-refractivity contribution in [2.24, 2.45) is 0 Å². The second-order valence-corrected chi connectivity index (χ2v) is 6.69. The highest BCUT2D eigenvalue weighted by atomic mass is 16.6.